The number of hydrogen-bond donors (Lipinski definition) is 1. The van der Waals surface area contributed by atoms with Crippen LogP contribution in [0.5, 0.6) is 0 Å². The number of halogens is 1. The molecule has 2 N–H and O–H groups in total. The first-order valence-corrected chi connectivity index (χ1v) is 10.2. The van der Waals surface area contributed by atoms with Gasteiger partial charge in [0.15, 0.2) is 0 Å². The zero-order valence-corrected chi connectivity index (χ0v) is 17.1. The van der Waals surface area contributed by atoms with Crippen LogP contribution in [0.25, 0.3) is 6.08 Å². The Bertz CT molecular complexity index is 935. The molecule has 3 rings (SSSR count). The van der Waals surface area contributed by atoms with Gasteiger partial charge in [-0.15, -0.1) is 10.2 Å². The van der Waals surface area contributed by atoms with E-state index in [9.17, 15) is 9.18 Å². The Morgan fingerprint density at radius 1 is 1.30 bits per heavy atom. The van der Waals surface area contributed by atoms with Crippen LogP contribution in [0.4, 0.5) is 4.39 Å². The van der Waals surface area contributed by atoms with Crippen molar-refractivity contribution in [3.8, 4) is 0 Å². The van der Waals surface area contributed by atoms with E-state index in [0.29, 0.717) is 30.3 Å². The number of carbonyl (C=O) groups is 1. The summed E-state index contributed by atoms with van der Waals surface area (Å²) in [7, 11) is 0. The van der Waals surface area contributed by atoms with E-state index < -0.39 is 6.04 Å². The van der Waals surface area contributed by atoms with Gasteiger partial charge in [0.1, 0.15) is 11.9 Å². The third-order valence-corrected chi connectivity index (χ3v) is 4.96. The lowest BCUT2D eigenvalue weighted by atomic mass is 10.0. The molecule has 1 amide bonds. The standard InChI is InChI=1S/C23H27FN4O2/c1-2-3-4-5-6-13-21-26-27-23(30-21)20-12-9-14-28(20)22(29)16-18(25)15-17-10-7-8-11-19(17)24/h2-8,10-11,13,18,20H,9,12,14-16,25H2,1H3/b3-2-,5-4+,13-6+/t18-,20+/m1/s1. The van der Waals surface area contributed by atoms with E-state index in [0.717, 1.165) is 12.8 Å². The lowest BCUT2D eigenvalue weighted by Gasteiger charge is -2.23. The Balaban J connectivity index is 1.60. The summed E-state index contributed by atoms with van der Waals surface area (Å²) >= 11 is 0. The molecule has 1 aromatic carbocycles. The highest BCUT2D eigenvalue weighted by Crippen LogP contribution is 2.32. The van der Waals surface area contributed by atoms with Gasteiger partial charge >= 0.3 is 0 Å². The third-order valence-electron chi connectivity index (χ3n) is 4.96. The van der Waals surface area contributed by atoms with Crippen LogP contribution >= 0.6 is 0 Å². The van der Waals surface area contributed by atoms with E-state index in [1.807, 2.05) is 37.3 Å². The Hall–Kier alpha value is -3.06. The number of nitrogens with zero attached hydrogens (tertiary/aromatic N) is 3. The average Bonchev–Trinajstić information content (AvgIpc) is 3.39. The van der Waals surface area contributed by atoms with Gasteiger partial charge in [0.05, 0.1) is 0 Å². The van der Waals surface area contributed by atoms with E-state index in [1.165, 1.54) is 6.07 Å². The van der Waals surface area contributed by atoms with Gasteiger partial charge in [0.2, 0.25) is 17.7 Å². The summed E-state index contributed by atoms with van der Waals surface area (Å²) in [6, 6.07) is 5.79. The highest BCUT2D eigenvalue weighted by atomic mass is 19.1. The quantitative estimate of drug-likeness (QED) is 0.666. The minimum atomic E-state index is -0.458. The predicted octanol–water partition coefficient (Wildman–Crippen LogP) is 3.98. The van der Waals surface area contributed by atoms with E-state index in [1.54, 1.807) is 29.2 Å². The molecule has 2 heterocycles. The predicted molar refractivity (Wildman–Crippen MR) is 114 cm³/mol. The second kappa shape index (κ2) is 10.6. The van der Waals surface area contributed by atoms with Crippen molar-refractivity contribution >= 4 is 12.0 Å². The molecule has 1 aliphatic rings. The molecule has 0 spiro atoms. The second-order valence-electron chi connectivity index (χ2n) is 7.25. The molecule has 6 nitrogen and oxygen atoms in total. The highest BCUT2D eigenvalue weighted by Gasteiger charge is 2.34. The van der Waals surface area contributed by atoms with Crippen LogP contribution in [-0.2, 0) is 11.2 Å². The Labute approximate surface area is 176 Å². The van der Waals surface area contributed by atoms with Crippen molar-refractivity contribution in [3.05, 3.63) is 77.8 Å². The lowest BCUT2D eigenvalue weighted by molar-refractivity contribution is -0.132. The number of allylic oxidation sites excluding steroid dienone is 5. The average molecular weight is 410 g/mol. The van der Waals surface area contributed by atoms with Gasteiger partial charge in [-0.3, -0.25) is 4.79 Å². The number of benzene rings is 1. The number of rotatable bonds is 8. The molecule has 1 aliphatic heterocycles. The molecule has 2 aromatic rings. The first kappa shape index (κ1) is 21.6. The maximum atomic E-state index is 13.8. The van der Waals surface area contributed by atoms with Crippen LogP contribution in [-0.4, -0.2) is 33.6 Å². The zero-order chi connectivity index (χ0) is 21.3. The number of hydrogen-bond acceptors (Lipinski definition) is 5. The molecule has 158 valence electrons. The van der Waals surface area contributed by atoms with E-state index in [-0.39, 0.29) is 24.2 Å². The number of carbonyl (C=O) groups excluding carboxylic acids is 1. The van der Waals surface area contributed by atoms with Crippen LogP contribution in [0.2, 0.25) is 0 Å². The molecule has 1 aromatic heterocycles. The van der Waals surface area contributed by atoms with Crippen LogP contribution in [0.3, 0.4) is 0 Å². The molecule has 2 atom stereocenters. The molecule has 30 heavy (non-hydrogen) atoms. The Morgan fingerprint density at radius 2 is 2.10 bits per heavy atom. The summed E-state index contributed by atoms with van der Waals surface area (Å²) in [6.45, 7) is 2.56. The van der Waals surface area contributed by atoms with Crippen molar-refractivity contribution in [2.75, 3.05) is 6.54 Å². The Kier molecular flexibility index (Phi) is 7.68. The zero-order valence-electron chi connectivity index (χ0n) is 17.1. The van der Waals surface area contributed by atoms with Crippen LogP contribution < -0.4 is 5.73 Å². The number of aromatic nitrogens is 2. The molecule has 1 saturated heterocycles. The Morgan fingerprint density at radius 3 is 2.90 bits per heavy atom. The summed E-state index contributed by atoms with van der Waals surface area (Å²) in [5, 5.41) is 8.16. The van der Waals surface area contributed by atoms with Gasteiger partial charge in [0.25, 0.3) is 0 Å². The molecule has 0 saturated carbocycles. The fourth-order valence-electron chi connectivity index (χ4n) is 3.51. The summed E-state index contributed by atoms with van der Waals surface area (Å²) in [5.74, 6) is 0.448. The van der Waals surface area contributed by atoms with Crippen molar-refractivity contribution in [2.24, 2.45) is 5.73 Å². The van der Waals surface area contributed by atoms with Crippen molar-refractivity contribution < 1.29 is 13.6 Å². The van der Waals surface area contributed by atoms with Crippen molar-refractivity contribution in [1.82, 2.24) is 15.1 Å². The molecule has 7 heteroatoms. The maximum absolute atomic E-state index is 13.8. The number of likely N-dealkylation sites (tertiary alicyclic amines) is 1. The molecule has 0 aliphatic carbocycles. The normalized spacial score (nSPS) is 18.2. The topological polar surface area (TPSA) is 85.2 Å². The monoisotopic (exact) mass is 410 g/mol. The van der Waals surface area contributed by atoms with E-state index >= 15 is 0 Å². The summed E-state index contributed by atoms with van der Waals surface area (Å²) in [4.78, 5) is 14.6. The first-order chi connectivity index (χ1) is 14.6. The molecule has 0 unspecified atom stereocenters. The van der Waals surface area contributed by atoms with Gasteiger partial charge in [0, 0.05) is 25.1 Å². The van der Waals surface area contributed by atoms with Gasteiger partial charge < -0.3 is 15.1 Å². The molecular formula is C23H27FN4O2. The van der Waals surface area contributed by atoms with Gasteiger partial charge in [-0.25, -0.2) is 4.39 Å². The number of amides is 1. The fraction of sp³-hybridized carbons (Fsp3) is 0.348. The molecule has 0 radical (unpaired) electrons. The van der Waals surface area contributed by atoms with Gasteiger partial charge in [-0.05, 0) is 37.8 Å². The third kappa shape index (κ3) is 5.73. The SMILES string of the molecule is C\C=C/C=C/C=C/c1nnc([C@@H]2CCCN2C(=O)C[C@H](N)Cc2ccccc2F)o1. The minimum absolute atomic E-state index is 0.0779. The van der Waals surface area contributed by atoms with Crippen LogP contribution in [0.1, 0.15) is 49.6 Å². The number of nitrogens with two attached hydrogens (primary N) is 1. The van der Waals surface area contributed by atoms with Crippen molar-refractivity contribution in [2.45, 2.75) is 44.7 Å². The minimum Gasteiger partial charge on any atom is -0.419 e. The molecular weight excluding hydrogens is 383 g/mol. The molecule has 1 fully saturated rings. The van der Waals surface area contributed by atoms with Crippen molar-refractivity contribution in [1.29, 1.82) is 0 Å². The summed E-state index contributed by atoms with van der Waals surface area (Å²) < 4.78 is 19.6. The van der Waals surface area contributed by atoms with Crippen LogP contribution in [0, 0.1) is 5.82 Å². The van der Waals surface area contributed by atoms with Gasteiger partial charge in [-0.2, -0.15) is 0 Å². The highest BCUT2D eigenvalue weighted by molar-refractivity contribution is 5.77. The van der Waals surface area contributed by atoms with E-state index in [4.69, 9.17) is 10.2 Å². The smallest absolute Gasteiger partial charge is 0.240 e. The van der Waals surface area contributed by atoms with Crippen molar-refractivity contribution in [3.63, 3.8) is 0 Å². The fourth-order valence-corrected chi connectivity index (χ4v) is 3.51. The molecule has 0 bridgehead atoms. The summed E-state index contributed by atoms with van der Waals surface area (Å²) in [6.07, 6.45) is 13.2. The van der Waals surface area contributed by atoms with E-state index in [2.05, 4.69) is 10.2 Å². The first-order valence-electron chi connectivity index (χ1n) is 10.2. The second-order valence-corrected chi connectivity index (χ2v) is 7.25. The largest absolute Gasteiger partial charge is 0.419 e. The summed E-state index contributed by atoms with van der Waals surface area (Å²) in [5.41, 5.74) is 6.66. The van der Waals surface area contributed by atoms with Gasteiger partial charge in [-0.1, -0.05) is 48.6 Å². The lowest BCUT2D eigenvalue weighted by Crippen LogP contribution is -2.36. The maximum Gasteiger partial charge on any atom is 0.240 e. The van der Waals surface area contributed by atoms with Crippen LogP contribution in [0.15, 0.2) is 59.1 Å².